The Labute approximate surface area is 498 Å². The molecule has 2 aromatic heterocycles. The van der Waals surface area contributed by atoms with Crippen molar-refractivity contribution in [1.29, 1.82) is 0 Å². The van der Waals surface area contributed by atoms with Crippen molar-refractivity contribution in [1.82, 2.24) is 35.7 Å². The van der Waals surface area contributed by atoms with Gasteiger partial charge >= 0.3 is 0 Å². The van der Waals surface area contributed by atoms with Gasteiger partial charge in [-0.2, -0.15) is 0 Å². The zero-order chi connectivity index (χ0) is 60.5. The number of carbonyl (C=O) groups is 6. The summed E-state index contributed by atoms with van der Waals surface area (Å²) in [7, 11) is 0. The zero-order valence-corrected chi connectivity index (χ0v) is 49.1. The van der Waals surface area contributed by atoms with Crippen LogP contribution in [-0.4, -0.2) is 158 Å². The Hall–Kier alpha value is -7.75. The Balaban J connectivity index is 0.651. The van der Waals surface area contributed by atoms with Gasteiger partial charge in [0.1, 0.15) is 36.2 Å². The van der Waals surface area contributed by atoms with E-state index in [0.717, 1.165) is 56.8 Å². The molecule has 4 aromatic carbocycles. The van der Waals surface area contributed by atoms with E-state index < -0.39 is 65.0 Å². The minimum absolute atomic E-state index is 0.0118. The standard InChI is InChI=1S/C60H68FN9O13S2/c1-37-52(85-36-65-37)40-7-5-38(6-8-40)32-64-55(74)49-31-45(71)34-69(49)58(77)53(60(2,3)4)66-50(72)35-83-27-26-82-25-24-81-23-22-80-21-20-79-19-17-62-54(73)41-11-9-39(10-12-41)42-13-14-43-33-70(57(76)46(43)29-42)51(56(75)67-59-63-18-28-84-59)47-30-44(61)15-16-48(47)68-78/h5-16,18,28-30,36,45,49,51,53,71H,17,19-27,31-35H2,1-4H3,(H,62,73)(H,64,74)(H,66,72)(H,63,67,75)/t45-,49+,51?,53-/m1/s1. The zero-order valence-electron chi connectivity index (χ0n) is 47.5. The lowest BCUT2D eigenvalue weighted by Gasteiger charge is -2.35. The third-order valence-electron chi connectivity index (χ3n) is 14.0. The number of likely N-dealkylation sites (tertiary alicyclic amines) is 1. The minimum Gasteiger partial charge on any atom is -0.391 e. The number of rotatable bonds is 30. The van der Waals surface area contributed by atoms with Gasteiger partial charge in [-0.05, 0) is 81.7 Å². The fourth-order valence-corrected chi connectivity index (χ4v) is 11.0. The summed E-state index contributed by atoms with van der Waals surface area (Å²) in [6.45, 7) is 9.98. The second-order valence-electron chi connectivity index (χ2n) is 21.1. The third kappa shape index (κ3) is 17.2. The number of hydrogen-bond acceptors (Lipinski definition) is 18. The normalized spacial score (nSPS) is 15.5. The molecule has 1 saturated heterocycles. The van der Waals surface area contributed by atoms with E-state index in [4.69, 9.17) is 23.7 Å². The number of aromatic nitrogens is 2. The van der Waals surface area contributed by atoms with Crippen molar-refractivity contribution in [2.75, 3.05) is 84.5 Å². The Kier molecular flexibility index (Phi) is 22.6. The van der Waals surface area contributed by atoms with Gasteiger partial charge in [-0.3, -0.25) is 34.1 Å². The van der Waals surface area contributed by atoms with Gasteiger partial charge in [-0.25, -0.2) is 14.4 Å². The van der Waals surface area contributed by atoms with Crippen LogP contribution in [0.25, 0.3) is 21.6 Å². The average molecular weight is 1210 g/mol. The van der Waals surface area contributed by atoms with Crippen LogP contribution in [-0.2, 0) is 56.0 Å². The second kappa shape index (κ2) is 30.4. The number of aliphatic hydroxyl groups is 1. The molecule has 0 bridgehead atoms. The molecule has 0 spiro atoms. The molecule has 0 saturated carbocycles. The van der Waals surface area contributed by atoms with Crippen molar-refractivity contribution in [3.05, 3.63) is 146 Å². The third-order valence-corrected chi connectivity index (χ3v) is 15.7. The number of hydrogen-bond donors (Lipinski definition) is 5. The number of ether oxygens (including phenoxy) is 5. The van der Waals surface area contributed by atoms with Crippen molar-refractivity contribution in [2.24, 2.45) is 10.6 Å². The molecule has 5 N–H and O–H groups in total. The first kappa shape index (κ1) is 63.3. The molecule has 4 atom stereocenters. The van der Waals surface area contributed by atoms with Crippen molar-refractivity contribution in [2.45, 2.75) is 71.4 Å². The van der Waals surface area contributed by atoms with Crippen LogP contribution >= 0.6 is 22.7 Å². The number of nitrogens with zero attached hydrogens (tertiary/aromatic N) is 5. The number of nitrogens with one attached hydrogen (secondary N) is 4. The molecule has 450 valence electrons. The van der Waals surface area contributed by atoms with E-state index in [0.29, 0.717) is 55.3 Å². The second-order valence-corrected chi connectivity index (χ2v) is 22.9. The Morgan fingerprint density at radius 3 is 2.09 bits per heavy atom. The molecule has 6 amide bonds. The van der Waals surface area contributed by atoms with E-state index in [9.17, 15) is 43.2 Å². The quantitative estimate of drug-likeness (QED) is 0.0231. The van der Waals surface area contributed by atoms with Crippen LogP contribution in [0.2, 0.25) is 0 Å². The van der Waals surface area contributed by atoms with Gasteiger partial charge < -0.3 is 54.5 Å². The highest BCUT2D eigenvalue weighted by Crippen LogP contribution is 2.39. The number of anilines is 1. The molecule has 2 aliphatic heterocycles. The maximum absolute atomic E-state index is 14.5. The number of benzene rings is 4. The summed E-state index contributed by atoms with van der Waals surface area (Å²) in [6, 6.07) is 19.9. The van der Waals surface area contributed by atoms with Gasteiger partial charge in [0.15, 0.2) is 5.13 Å². The Morgan fingerprint density at radius 1 is 0.800 bits per heavy atom. The number of halogens is 1. The van der Waals surface area contributed by atoms with Crippen LogP contribution in [0, 0.1) is 23.1 Å². The molecule has 2 aliphatic rings. The molecule has 1 unspecified atom stereocenters. The molecule has 22 nitrogen and oxygen atoms in total. The van der Waals surface area contributed by atoms with Crippen molar-refractivity contribution in [3.63, 3.8) is 0 Å². The van der Waals surface area contributed by atoms with E-state index in [2.05, 4.69) is 36.4 Å². The highest BCUT2D eigenvalue weighted by Gasteiger charge is 2.45. The summed E-state index contributed by atoms with van der Waals surface area (Å²) >= 11 is 2.72. The number of thiazole rings is 2. The van der Waals surface area contributed by atoms with Gasteiger partial charge in [-0.1, -0.05) is 69.3 Å². The van der Waals surface area contributed by atoms with Crippen LogP contribution in [0.5, 0.6) is 0 Å². The topological polar surface area (TPSA) is 279 Å². The van der Waals surface area contributed by atoms with Crippen molar-refractivity contribution in [3.8, 4) is 21.6 Å². The molecule has 25 heteroatoms. The van der Waals surface area contributed by atoms with E-state index in [1.165, 1.54) is 16.0 Å². The Morgan fingerprint density at radius 2 is 1.46 bits per heavy atom. The maximum Gasteiger partial charge on any atom is 0.255 e. The summed E-state index contributed by atoms with van der Waals surface area (Å²) in [5.41, 5.74) is 6.48. The Bertz CT molecular complexity index is 3270. The van der Waals surface area contributed by atoms with Gasteiger partial charge in [0, 0.05) is 60.9 Å². The predicted molar refractivity (Wildman–Crippen MR) is 315 cm³/mol. The van der Waals surface area contributed by atoms with Gasteiger partial charge in [0.25, 0.3) is 17.7 Å². The summed E-state index contributed by atoms with van der Waals surface area (Å²) < 4.78 is 42.3. The molecule has 1 fully saturated rings. The molecule has 4 heterocycles. The van der Waals surface area contributed by atoms with E-state index >= 15 is 0 Å². The first-order chi connectivity index (χ1) is 41.0. The van der Waals surface area contributed by atoms with Crippen LogP contribution in [0.15, 0.2) is 107 Å². The lowest BCUT2D eigenvalue weighted by Crippen LogP contribution is -2.58. The van der Waals surface area contributed by atoms with Crippen LogP contribution in [0.4, 0.5) is 15.2 Å². The molecule has 85 heavy (non-hydrogen) atoms. The van der Waals surface area contributed by atoms with Gasteiger partial charge in [0.05, 0.1) is 81.6 Å². The first-order valence-electron chi connectivity index (χ1n) is 27.6. The lowest BCUT2D eigenvalue weighted by atomic mass is 9.85. The smallest absolute Gasteiger partial charge is 0.255 e. The molecule has 0 radical (unpaired) electrons. The SMILES string of the molecule is Cc1ncsc1-c1ccc(CNC(=O)[C@@H]2C[C@@H](O)CN2C(=O)[C@@H](NC(=O)COCCOCCOCCOCCOCCNC(=O)c2ccc(-c3ccc4c(c3)C(=O)N(C(C(=O)Nc3nccs3)c3cc(F)ccc3N=O)C4)cc2)C(C)(C)C)cc1. The van der Waals surface area contributed by atoms with Crippen molar-refractivity contribution >= 4 is 68.9 Å². The molecule has 8 rings (SSSR count). The highest BCUT2D eigenvalue weighted by atomic mass is 32.1. The number of aryl methyl sites for hydroxylation is 1. The minimum atomic E-state index is -1.39. The van der Waals surface area contributed by atoms with E-state index in [1.807, 2.05) is 58.0 Å². The van der Waals surface area contributed by atoms with Crippen molar-refractivity contribution < 1.29 is 61.9 Å². The van der Waals surface area contributed by atoms with E-state index in [1.54, 1.807) is 58.6 Å². The first-order valence-corrected chi connectivity index (χ1v) is 29.3. The number of amides is 6. The number of aliphatic hydroxyl groups excluding tert-OH is 1. The monoisotopic (exact) mass is 1210 g/mol. The lowest BCUT2D eigenvalue weighted by molar-refractivity contribution is -0.144. The predicted octanol–water partition coefficient (Wildman–Crippen LogP) is 6.74. The fraction of sp³-hybridized carbons (Fsp3) is 0.400. The van der Waals surface area contributed by atoms with Gasteiger partial charge in [-0.15, -0.1) is 27.6 Å². The summed E-state index contributed by atoms with van der Waals surface area (Å²) in [5, 5.41) is 26.6. The highest BCUT2D eigenvalue weighted by molar-refractivity contribution is 7.14. The van der Waals surface area contributed by atoms with Crippen LogP contribution in [0.3, 0.4) is 0 Å². The number of nitroso groups, excluding NO2 is 1. The van der Waals surface area contributed by atoms with Crippen LogP contribution in [0.1, 0.15) is 76.3 Å². The average Bonchev–Trinajstić information content (AvgIpc) is 3.05. The largest absolute Gasteiger partial charge is 0.391 e. The number of β-amino-alcohol motifs (C(OH)–C–C–N with tert-alkyl or cyclic N) is 1. The van der Waals surface area contributed by atoms with Gasteiger partial charge in [0.2, 0.25) is 17.7 Å². The molecular weight excluding hydrogens is 1140 g/mol. The molecule has 0 aliphatic carbocycles. The molecular formula is C60H68FN9O13S2. The van der Waals surface area contributed by atoms with E-state index in [-0.39, 0.29) is 87.9 Å². The van der Waals surface area contributed by atoms with Crippen LogP contribution < -0.4 is 21.3 Å². The summed E-state index contributed by atoms with van der Waals surface area (Å²) in [5.74, 6) is -3.56. The summed E-state index contributed by atoms with van der Waals surface area (Å²) in [6.07, 6.45) is 0.680. The number of fused-ring (bicyclic) bond motifs is 1. The summed E-state index contributed by atoms with van der Waals surface area (Å²) in [4.78, 5) is 105. The fourth-order valence-electron chi connectivity index (χ4n) is 9.63. The number of carbonyl (C=O) groups excluding carboxylic acids is 6. The molecule has 6 aromatic rings. The maximum atomic E-state index is 14.5.